The molecule has 0 N–H and O–H groups in total. The van der Waals surface area contributed by atoms with Crippen LogP contribution in [0.25, 0.3) is 98.4 Å². The fraction of sp³-hybridized carbons (Fsp3) is 0.0175. The number of benzene rings is 9. The van der Waals surface area contributed by atoms with Crippen LogP contribution in [-0.4, -0.2) is 19.3 Å². The first-order chi connectivity index (χ1) is 30.8. The molecule has 0 saturated heterocycles. The van der Waals surface area contributed by atoms with Gasteiger partial charge in [-0.1, -0.05) is 182 Å². The van der Waals surface area contributed by atoms with Crippen LogP contribution < -0.4 is 0 Å². The standard InChI is InChI=1S/C57H36N4S/c1-3-17-36(18-4-1)56-58-59-57(37-19-5-2-6-20-37)61(56)49-31-16-28-44-41-24-7-8-26-43(41)52(53(44)49)39-22-15-21-38(35-39)40-23-9-12-29-47(40)60-48-30-13-10-27-46(48)54-50(60)34-33-45-42-25-11-14-32-51(42)62-55(45)54/h1-35,52H. The van der Waals surface area contributed by atoms with Gasteiger partial charge < -0.3 is 4.57 Å². The lowest BCUT2D eigenvalue weighted by Crippen LogP contribution is -2.08. The lowest BCUT2D eigenvalue weighted by Gasteiger charge is -2.21. The van der Waals surface area contributed by atoms with Gasteiger partial charge in [0.05, 0.1) is 22.4 Å². The SMILES string of the molecule is c1ccc(-c2nnc(-c3ccccc3)n2-c2cccc3c2C(c2cccc(-c4ccccc4-n4c5ccccc5c5c6sc7ccccc7c6ccc54)c2)c2ccccc2-3)cc1. The van der Waals surface area contributed by atoms with Crippen LogP contribution in [0.3, 0.4) is 0 Å². The number of hydrogen-bond acceptors (Lipinski definition) is 3. The van der Waals surface area contributed by atoms with Gasteiger partial charge in [-0.15, -0.1) is 21.5 Å². The predicted molar refractivity (Wildman–Crippen MR) is 258 cm³/mol. The topological polar surface area (TPSA) is 35.6 Å². The number of para-hydroxylation sites is 2. The summed E-state index contributed by atoms with van der Waals surface area (Å²) in [5.74, 6) is 1.59. The molecule has 0 bridgehead atoms. The van der Waals surface area contributed by atoms with Crippen LogP contribution in [0, 0.1) is 0 Å². The van der Waals surface area contributed by atoms with Crippen molar-refractivity contribution in [1.29, 1.82) is 0 Å². The first-order valence-electron chi connectivity index (χ1n) is 21.1. The van der Waals surface area contributed by atoms with Crippen LogP contribution in [0.2, 0.25) is 0 Å². The molecule has 62 heavy (non-hydrogen) atoms. The van der Waals surface area contributed by atoms with Crippen LogP contribution in [0.5, 0.6) is 0 Å². The lowest BCUT2D eigenvalue weighted by molar-refractivity contribution is 0.966. The zero-order valence-electron chi connectivity index (χ0n) is 33.5. The third kappa shape index (κ3) is 5.19. The molecule has 0 fully saturated rings. The van der Waals surface area contributed by atoms with Gasteiger partial charge in [0, 0.05) is 53.6 Å². The molecule has 0 spiro atoms. The van der Waals surface area contributed by atoms with Crippen molar-refractivity contribution in [3.63, 3.8) is 0 Å². The Morgan fingerprint density at radius 1 is 0.403 bits per heavy atom. The molecule has 13 rings (SSSR count). The van der Waals surface area contributed by atoms with E-state index < -0.39 is 0 Å². The van der Waals surface area contributed by atoms with E-state index in [4.69, 9.17) is 10.2 Å². The van der Waals surface area contributed by atoms with Crippen molar-refractivity contribution < 1.29 is 0 Å². The second-order valence-corrected chi connectivity index (χ2v) is 17.2. The molecule has 1 unspecified atom stereocenters. The highest BCUT2D eigenvalue weighted by Gasteiger charge is 2.34. The Balaban J connectivity index is 1.02. The Kier molecular flexibility index (Phi) is 7.81. The number of hydrogen-bond donors (Lipinski definition) is 0. The second kappa shape index (κ2) is 13.8. The summed E-state index contributed by atoms with van der Waals surface area (Å²) in [5.41, 5.74) is 15.3. The van der Waals surface area contributed by atoms with E-state index in [0.717, 1.165) is 34.2 Å². The molecular weight excluding hydrogens is 773 g/mol. The van der Waals surface area contributed by atoms with E-state index in [2.05, 4.69) is 209 Å². The van der Waals surface area contributed by atoms with E-state index in [1.165, 1.54) is 80.9 Å². The smallest absolute Gasteiger partial charge is 0.168 e. The van der Waals surface area contributed by atoms with Gasteiger partial charge in [-0.25, -0.2) is 0 Å². The summed E-state index contributed by atoms with van der Waals surface area (Å²) in [6.45, 7) is 0. The average molecular weight is 809 g/mol. The fourth-order valence-electron chi connectivity index (χ4n) is 10.1. The molecule has 1 atom stereocenters. The van der Waals surface area contributed by atoms with Gasteiger partial charge in [0.25, 0.3) is 0 Å². The van der Waals surface area contributed by atoms with Crippen molar-refractivity contribution >= 4 is 53.3 Å². The van der Waals surface area contributed by atoms with E-state index in [1.54, 1.807) is 0 Å². The fourth-order valence-corrected chi connectivity index (χ4v) is 11.4. The number of thiophene rings is 1. The van der Waals surface area contributed by atoms with Crippen molar-refractivity contribution in [2.24, 2.45) is 0 Å². The van der Waals surface area contributed by atoms with E-state index in [9.17, 15) is 0 Å². The molecule has 290 valence electrons. The molecule has 3 heterocycles. The lowest BCUT2D eigenvalue weighted by atomic mass is 9.86. The third-order valence-electron chi connectivity index (χ3n) is 12.8. The molecule has 4 nitrogen and oxygen atoms in total. The summed E-state index contributed by atoms with van der Waals surface area (Å²) < 4.78 is 7.42. The van der Waals surface area contributed by atoms with Crippen LogP contribution >= 0.6 is 11.3 Å². The summed E-state index contributed by atoms with van der Waals surface area (Å²) in [4.78, 5) is 0. The Morgan fingerprint density at radius 2 is 1.02 bits per heavy atom. The molecule has 5 heteroatoms. The molecule has 0 saturated carbocycles. The van der Waals surface area contributed by atoms with Crippen molar-refractivity contribution in [3.05, 3.63) is 229 Å². The van der Waals surface area contributed by atoms with Crippen LogP contribution in [0.15, 0.2) is 212 Å². The third-order valence-corrected chi connectivity index (χ3v) is 14.0. The first kappa shape index (κ1) is 34.9. The highest BCUT2D eigenvalue weighted by Crippen LogP contribution is 2.52. The zero-order chi connectivity index (χ0) is 40.7. The van der Waals surface area contributed by atoms with E-state index in [1.807, 2.05) is 23.5 Å². The van der Waals surface area contributed by atoms with Gasteiger partial charge in [-0.3, -0.25) is 4.57 Å². The van der Waals surface area contributed by atoms with E-state index in [0.29, 0.717) is 0 Å². The molecule has 0 aliphatic heterocycles. The summed E-state index contributed by atoms with van der Waals surface area (Å²) >= 11 is 1.90. The minimum atomic E-state index is -0.0337. The summed E-state index contributed by atoms with van der Waals surface area (Å²) in [5, 5.41) is 15.0. The first-order valence-corrected chi connectivity index (χ1v) is 21.9. The van der Waals surface area contributed by atoms with Gasteiger partial charge in [0.15, 0.2) is 11.6 Å². The van der Waals surface area contributed by atoms with E-state index in [-0.39, 0.29) is 5.92 Å². The summed E-state index contributed by atoms with van der Waals surface area (Å²) in [6.07, 6.45) is 0. The van der Waals surface area contributed by atoms with Gasteiger partial charge >= 0.3 is 0 Å². The number of fused-ring (bicyclic) bond motifs is 10. The minimum Gasteiger partial charge on any atom is -0.309 e. The van der Waals surface area contributed by atoms with Crippen molar-refractivity contribution in [2.75, 3.05) is 0 Å². The van der Waals surface area contributed by atoms with Crippen LogP contribution in [0.1, 0.15) is 22.6 Å². The monoisotopic (exact) mass is 808 g/mol. The minimum absolute atomic E-state index is 0.0337. The van der Waals surface area contributed by atoms with Gasteiger partial charge in [-0.2, -0.15) is 0 Å². The molecule has 1 aliphatic rings. The maximum atomic E-state index is 4.88. The Hall–Kier alpha value is -7.86. The Labute approximate surface area is 362 Å². The highest BCUT2D eigenvalue weighted by molar-refractivity contribution is 7.26. The Bertz CT molecular complexity index is 3650. The van der Waals surface area contributed by atoms with Gasteiger partial charge in [0.2, 0.25) is 0 Å². The van der Waals surface area contributed by atoms with E-state index >= 15 is 0 Å². The molecule has 12 aromatic rings. The summed E-state index contributed by atoms with van der Waals surface area (Å²) in [6, 6.07) is 76.9. The Morgan fingerprint density at radius 3 is 1.82 bits per heavy atom. The molecule has 1 aliphatic carbocycles. The maximum absolute atomic E-state index is 4.88. The van der Waals surface area contributed by atoms with Crippen LogP contribution in [0.4, 0.5) is 0 Å². The zero-order valence-corrected chi connectivity index (χ0v) is 34.3. The molecule has 0 amide bonds. The molecular formula is C57H36N4S. The largest absolute Gasteiger partial charge is 0.309 e. The maximum Gasteiger partial charge on any atom is 0.168 e. The van der Waals surface area contributed by atoms with Crippen molar-refractivity contribution in [3.8, 4) is 56.4 Å². The second-order valence-electron chi connectivity index (χ2n) is 16.1. The normalized spacial score (nSPS) is 13.3. The number of aromatic nitrogens is 4. The average Bonchev–Trinajstić information content (AvgIpc) is 4.12. The van der Waals surface area contributed by atoms with Gasteiger partial charge in [-0.05, 0) is 63.7 Å². The molecule has 3 aromatic heterocycles. The van der Waals surface area contributed by atoms with Crippen LogP contribution in [-0.2, 0) is 0 Å². The molecule has 9 aromatic carbocycles. The summed E-state index contributed by atoms with van der Waals surface area (Å²) in [7, 11) is 0. The number of nitrogens with zero attached hydrogens (tertiary/aromatic N) is 4. The van der Waals surface area contributed by atoms with Crippen molar-refractivity contribution in [2.45, 2.75) is 5.92 Å². The molecule has 0 radical (unpaired) electrons. The quantitative estimate of drug-likeness (QED) is 0.168. The number of rotatable bonds is 6. The predicted octanol–water partition coefficient (Wildman–Crippen LogP) is 14.9. The van der Waals surface area contributed by atoms with Gasteiger partial charge in [0.1, 0.15) is 0 Å². The highest BCUT2D eigenvalue weighted by atomic mass is 32.1. The van der Waals surface area contributed by atoms with Crippen molar-refractivity contribution in [1.82, 2.24) is 19.3 Å².